The lowest BCUT2D eigenvalue weighted by molar-refractivity contribution is 0.122. The Morgan fingerprint density at radius 1 is 0.889 bits per heavy atom. The summed E-state index contributed by atoms with van der Waals surface area (Å²) in [5.74, 6) is 1.54. The molecular formula is C22H24N4O. The van der Waals surface area contributed by atoms with Crippen molar-refractivity contribution in [1.29, 1.82) is 0 Å². The lowest BCUT2D eigenvalue weighted by Gasteiger charge is -2.27. The number of hydrogen-bond donors (Lipinski definition) is 1. The van der Waals surface area contributed by atoms with Gasteiger partial charge >= 0.3 is 0 Å². The van der Waals surface area contributed by atoms with Crippen LogP contribution in [-0.4, -0.2) is 36.3 Å². The highest BCUT2D eigenvalue weighted by molar-refractivity contribution is 5.68. The summed E-state index contributed by atoms with van der Waals surface area (Å²) in [5.41, 5.74) is 5.56. The van der Waals surface area contributed by atoms with Gasteiger partial charge in [0, 0.05) is 30.4 Å². The fourth-order valence-corrected chi connectivity index (χ4v) is 3.13. The van der Waals surface area contributed by atoms with E-state index in [1.807, 2.05) is 24.3 Å². The molecule has 0 saturated carbocycles. The molecule has 138 valence electrons. The van der Waals surface area contributed by atoms with Crippen molar-refractivity contribution in [3.05, 3.63) is 65.7 Å². The lowest BCUT2D eigenvalue weighted by Crippen LogP contribution is -2.37. The topological polar surface area (TPSA) is 50.3 Å². The van der Waals surface area contributed by atoms with Gasteiger partial charge in [-0.1, -0.05) is 36.4 Å². The molecule has 0 radical (unpaired) electrons. The third-order valence-corrected chi connectivity index (χ3v) is 4.86. The van der Waals surface area contributed by atoms with Gasteiger partial charge in [-0.3, -0.25) is 0 Å². The van der Waals surface area contributed by atoms with E-state index >= 15 is 0 Å². The first-order valence-corrected chi connectivity index (χ1v) is 9.30. The molecule has 1 fully saturated rings. The molecule has 2 heterocycles. The highest BCUT2D eigenvalue weighted by Crippen LogP contribution is 2.26. The Balaban J connectivity index is 1.71. The summed E-state index contributed by atoms with van der Waals surface area (Å²) in [6.45, 7) is 7.27. The fourth-order valence-electron chi connectivity index (χ4n) is 3.13. The van der Waals surface area contributed by atoms with Crippen molar-refractivity contribution >= 4 is 17.5 Å². The molecule has 1 aliphatic rings. The minimum atomic E-state index is 0.707. The van der Waals surface area contributed by atoms with Crippen LogP contribution in [0, 0.1) is 13.8 Å². The molecule has 0 amide bonds. The standard InChI is InChI=1S/C22H24N4O/c1-16-8-9-19(14-17(16)2)23-21-15-20(18-6-4-3-5-7-18)24-22(25-21)26-10-12-27-13-11-26/h3-9,14-15H,10-13H2,1-2H3,(H,23,24,25). The van der Waals surface area contributed by atoms with Crippen molar-refractivity contribution in [3.8, 4) is 11.3 Å². The molecule has 0 spiro atoms. The number of nitrogens with one attached hydrogen (secondary N) is 1. The predicted octanol–water partition coefficient (Wildman–Crippen LogP) is 4.34. The third kappa shape index (κ3) is 4.09. The number of rotatable bonds is 4. The zero-order valence-electron chi connectivity index (χ0n) is 15.8. The Morgan fingerprint density at radius 2 is 1.67 bits per heavy atom. The zero-order chi connectivity index (χ0) is 18.6. The molecule has 27 heavy (non-hydrogen) atoms. The molecule has 4 rings (SSSR count). The van der Waals surface area contributed by atoms with E-state index in [-0.39, 0.29) is 0 Å². The quantitative estimate of drug-likeness (QED) is 0.750. The number of aromatic nitrogens is 2. The van der Waals surface area contributed by atoms with Gasteiger partial charge < -0.3 is 15.0 Å². The van der Waals surface area contributed by atoms with Gasteiger partial charge in [-0.15, -0.1) is 0 Å². The van der Waals surface area contributed by atoms with E-state index < -0.39 is 0 Å². The Bertz CT molecular complexity index is 921. The number of ether oxygens (including phenoxy) is 1. The van der Waals surface area contributed by atoms with Crippen LogP contribution in [0.2, 0.25) is 0 Å². The summed E-state index contributed by atoms with van der Waals surface area (Å²) >= 11 is 0. The summed E-state index contributed by atoms with van der Waals surface area (Å²) < 4.78 is 5.47. The van der Waals surface area contributed by atoms with E-state index in [2.05, 4.69) is 54.4 Å². The van der Waals surface area contributed by atoms with Crippen LogP contribution in [0.3, 0.4) is 0 Å². The molecule has 3 aromatic rings. The van der Waals surface area contributed by atoms with E-state index in [0.29, 0.717) is 13.2 Å². The van der Waals surface area contributed by atoms with Crippen molar-refractivity contribution < 1.29 is 4.74 Å². The first-order valence-electron chi connectivity index (χ1n) is 9.30. The van der Waals surface area contributed by atoms with Gasteiger partial charge in [-0.25, -0.2) is 4.98 Å². The number of aryl methyl sites for hydroxylation is 2. The summed E-state index contributed by atoms with van der Waals surface area (Å²) in [7, 11) is 0. The van der Waals surface area contributed by atoms with Crippen LogP contribution < -0.4 is 10.2 Å². The smallest absolute Gasteiger partial charge is 0.228 e. The van der Waals surface area contributed by atoms with Crippen LogP contribution >= 0.6 is 0 Å². The average Bonchev–Trinajstić information content (AvgIpc) is 2.72. The van der Waals surface area contributed by atoms with Crippen LogP contribution in [0.4, 0.5) is 17.5 Å². The molecule has 5 nitrogen and oxygen atoms in total. The van der Waals surface area contributed by atoms with Gasteiger partial charge in [0.2, 0.25) is 5.95 Å². The summed E-state index contributed by atoms with van der Waals surface area (Å²) in [5, 5.41) is 3.45. The van der Waals surface area contributed by atoms with E-state index in [1.165, 1.54) is 11.1 Å². The van der Waals surface area contributed by atoms with E-state index in [1.54, 1.807) is 0 Å². The van der Waals surface area contributed by atoms with Gasteiger partial charge in [0.05, 0.1) is 18.9 Å². The maximum Gasteiger partial charge on any atom is 0.228 e. The normalized spacial score (nSPS) is 14.2. The van der Waals surface area contributed by atoms with Crippen LogP contribution in [0.1, 0.15) is 11.1 Å². The largest absolute Gasteiger partial charge is 0.378 e. The third-order valence-electron chi connectivity index (χ3n) is 4.86. The van der Waals surface area contributed by atoms with E-state index in [9.17, 15) is 0 Å². The second kappa shape index (κ2) is 7.76. The van der Waals surface area contributed by atoms with E-state index in [0.717, 1.165) is 41.8 Å². The minimum Gasteiger partial charge on any atom is -0.378 e. The Morgan fingerprint density at radius 3 is 2.41 bits per heavy atom. The van der Waals surface area contributed by atoms with Gasteiger partial charge in [0.15, 0.2) is 0 Å². The lowest BCUT2D eigenvalue weighted by atomic mass is 10.1. The Kier molecular flexibility index (Phi) is 5.03. The summed E-state index contributed by atoms with van der Waals surface area (Å²) in [6.07, 6.45) is 0. The molecule has 0 aliphatic carbocycles. The first kappa shape index (κ1) is 17.5. The molecule has 1 aromatic heterocycles. The molecule has 1 N–H and O–H groups in total. The minimum absolute atomic E-state index is 0.707. The van der Waals surface area contributed by atoms with Gasteiger partial charge in [0.1, 0.15) is 5.82 Å². The van der Waals surface area contributed by atoms with Gasteiger partial charge in [-0.05, 0) is 37.1 Å². The maximum absolute atomic E-state index is 5.47. The van der Waals surface area contributed by atoms with Crippen LogP contribution in [0.25, 0.3) is 11.3 Å². The average molecular weight is 360 g/mol. The number of benzene rings is 2. The molecule has 0 atom stereocenters. The SMILES string of the molecule is Cc1ccc(Nc2cc(-c3ccccc3)nc(N3CCOCC3)n2)cc1C. The predicted molar refractivity (Wildman–Crippen MR) is 110 cm³/mol. The number of hydrogen-bond acceptors (Lipinski definition) is 5. The second-order valence-electron chi connectivity index (χ2n) is 6.83. The van der Waals surface area contributed by atoms with Crippen molar-refractivity contribution in [3.63, 3.8) is 0 Å². The molecule has 2 aromatic carbocycles. The zero-order valence-corrected chi connectivity index (χ0v) is 15.8. The number of nitrogens with zero attached hydrogens (tertiary/aromatic N) is 3. The first-order chi connectivity index (χ1) is 13.2. The second-order valence-corrected chi connectivity index (χ2v) is 6.83. The van der Waals surface area contributed by atoms with E-state index in [4.69, 9.17) is 14.7 Å². The molecule has 5 heteroatoms. The summed E-state index contributed by atoms with van der Waals surface area (Å²) in [6, 6.07) is 18.6. The van der Waals surface area contributed by atoms with Gasteiger partial charge in [0.25, 0.3) is 0 Å². The van der Waals surface area contributed by atoms with Gasteiger partial charge in [-0.2, -0.15) is 4.98 Å². The number of morpholine rings is 1. The molecule has 0 bridgehead atoms. The van der Waals surface area contributed by atoms with Crippen molar-refractivity contribution in [2.45, 2.75) is 13.8 Å². The monoisotopic (exact) mass is 360 g/mol. The van der Waals surface area contributed by atoms with Crippen molar-refractivity contribution in [2.24, 2.45) is 0 Å². The molecular weight excluding hydrogens is 336 g/mol. The number of anilines is 3. The fraction of sp³-hybridized carbons (Fsp3) is 0.273. The van der Waals surface area contributed by atoms with Crippen molar-refractivity contribution in [1.82, 2.24) is 9.97 Å². The molecule has 1 aliphatic heterocycles. The maximum atomic E-state index is 5.47. The van der Waals surface area contributed by atoms with Crippen molar-refractivity contribution in [2.75, 3.05) is 36.5 Å². The molecule has 1 saturated heterocycles. The molecule has 0 unspecified atom stereocenters. The van der Waals surface area contributed by atoms with Crippen LogP contribution in [0.15, 0.2) is 54.6 Å². The highest BCUT2D eigenvalue weighted by atomic mass is 16.5. The Labute approximate surface area is 160 Å². The Hall–Kier alpha value is -2.92. The summed E-state index contributed by atoms with van der Waals surface area (Å²) in [4.78, 5) is 11.8. The highest BCUT2D eigenvalue weighted by Gasteiger charge is 2.16. The van der Waals surface area contributed by atoms with Crippen LogP contribution in [0.5, 0.6) is 0 Å². The van der Waals surface area contributed by atoms with Crippen LogP contribution in [-0.2, 0) is 4.74 Å².